The van der Waals surface area contributed by atoms with E-state index in [0.717, 1.165) is 52.0 Å². The third-order valence-corrected chi connectivity index (χ3v) is 10.5. The van der Waals surface area contributed by atoms with Crippen LogP contribution in [0.3, 0.4) is 0 Å². The monoisotopic (exact) mass is 500 g/mol. The van der Waals surface area contributed by atoms with E-state index in [9.17, 15) is 4.79 Å². The van der Waals surface area contributed by atoms with Crippen LogP contribution < -0.4 is 0 Å². The van der Waals surface area contributed by atoms with E-state index in [-0.39, 0.29) is 35.2 Å². The van der Waals surface area contributed by atoms with Crippen molar-refractivity contribution in [3.8, 4) is 0 Å². The normalized spacial score (nSPS) is 39.5. The summed E-state index contributed by atoms with van der Waals surface area (Å²) in [7, 11) is 0. The molecule has 0 radical (unpaired) electrons. The van der Waals surface area contributed by atoms with Crippen molar-refractivity contribution in [2.45, 2.75) is 62.9 Å². The third kappa shape index (κ3) is 3.80. The molecule has 0 aromatic heterocycles. The van der Waals surface area contributed by atoms with Crippen molar-refractivity contribution >= 4 is 5.97 Å². The Morgan fingerprint density at radius 2 is 1.54 bits per heavy atom. The van der Waals surface area contributed by atoms with E-state index in [1.54, 1.807) is 0 Å². The summed E-state index contributed by atoms with van der Waals surface area (Å²) in [5, 5.41) is 0. The molecule has 2 aliphatic carbocycles. The number of rotatable bonds is 5. The summed E-state index contributed by atoms with van der Waals surface area (Å²) >= 11 is 0. The molecule has 5 aliphatic rings. The molecule has 5 heteroatoms. The number of hydrogen-bond acceptors (Lipinski definition) is 5. The molecule has 0 amide bonds. The van der Waals surface area contributed by atoms with Gasteiger partial charge in [0.2, 0.25) is 0 Å². The first-order valence-electron chi connectivity index (χ1n) is 14.5. The van der Waals surface area contributed by atoms with Gasteiger partial charge in [0.25, 0.3) is 0 Å². The molecule has 1 unspecified atom stereocenters. The summed E-state index contributed by atoms with van der Waals surface area (Å²) in [6.07, 6.45) is 4.64. The van der Waals surface area contributed by atoms with Crippen LogP contribution in [0.15, 0.2) is 60.7 Å². The van der Waals surface area contributed by atoms with Crippen molar-refractivity contribution in [1.82, 2.24) is 9.80 Å². The number of fused-ring (bicyclic) bond motifs is 1. The van der Waals surface area contributed by atoms with Crippen molar-refractivity contribution in [3.63, 3.8) is 0 Å². The molecule has 1 spiro atoms. The topological polar surface area (TPSA) is 45.3 Å². The Bertz CT molecular complexity index is 1090. The highest BCUT2D eigenvalue weighted by atomic mass is 16.7. The van der Waals surface area contributed by atoms with Gasteiger partial charge in [-0.2, -0.15) is 0 Å². The van der Waals surface area contributed by atoms with Crippen molar-refractivity contribution in [1.29, 1.82) is 0 Å². The van der Waals surface area contributed by atoms with E-state index >= 15 is 0 Å². The highest BCUT2D eigenvalue weighted by Gasteiger charge is 2.77. The first-order valence-corrected chi connectivity index (χ1v) is 14.5. The minimum atomic E-state index is -0.375. The fourth-order valence-corrected chi connectivity index (χ4v) is 8.63. The molecule has 3 heterocycles. The number of ether oxygens (including phenoxy) is 2. The zero-order valence-electron chi connectivity index (χ0n) is 22.2. The second-order valence-electron chi connectivity index (χ2n) is 12.6. The predicted octanol–water partition coefficient (Wildman–Crippen LogP) is 4.92. The van der Waals surface area contributed by atoms with Crippen LogP contribution in [0.1, 0.15) is 56.7 Å². The molecule has 2 aromatic rings. The van der Waals surface area contributed by atoms with Gasteiger partial charge < -0.3 is 9.47 Å². The number of piperazine rings is 1. The number of esters is 1. The summed E-state index contributed by atoms with van der Waals surface area (Å²) in [5.41, 5.74) is 2.24. The highest BCUT2D eigenvalue weighted by Crippen LogP contribution is 2.66. The number of carbonyl (C=O) groups is 1. The van der Waals surface area contributed by atoms with Crippen LogP contribution in [0.4, 0.5) is 0 Å². The smallest absolute Gasteiger partial charge is 0.311 e. The van der Waals surface area contributed by atoms with Crippen LogP contribution in [-0.2, 0) is 14.3 Å². The summed E-state index contributed by atoms with van der Waals surface area (Å²) in [6.45, 7) is 9.38. The molecule has 3 aliphatic heterocycles. The Morgan fingerprint density at radius 1 is 0.892 bits per heavy atom. The maximum absolute atomic E-state index is 13.5. The lowest BCUT2D eigenvalue weighted by atomic mass is 9.55. The van der Waals surface area contributed by atoms with Crippen molar-refractivity contribution in [3.05, 3.63) is 71.8 Å². The number of nitrogens with zero attached hydrogens (tertiary/aromatic N) is 2. The lowest BCUT2D eigenvalue weighted by molar-refractivity contribution is -0.168. The van der Waals surface area contributed by atoms with E-state index in [1.165, 1.54) is 17.5 Å². The van der Waals surface area contributed by atoms with Crippen molar-refractivity contribution < 1.29 is 14.3 Å². The quantitative estimate of drug-likeness (QED) is 0.431. The second-order valence-corrected chi connectivity index (χ2v) is 12.6. The number of hydrogen-bond donors (Lipinski definition) is 0. The Morgan fingerprint density at radius 3 is 2.19 bits per heavy atom. The molecule has 7 rings (SSSR count). The number of epoxide rings is 1. The minimum Gasteiger partial charge on any atom is -0.455 e. The zero-order valence-corrected chi connectivity index (χ0v) is 22.2. The van der Waals surface area contributed by atoms with Crippen LogP contribution in [0, 0.1) is 23.7 Å². The van der Waals surface area contributed by atoms with Gasteiger partial charge >= 0.3 is 5.97 Å². The van der Waals surface area contributed by atoms with Crippen LogP contribution in [-0.4, -0.2) is 65.8 Å². The standard InChI is InChI=1S/C32H40N2O3/c1-22-13-14-27-25(29(35)36-32(27)26(22)15-16-31(2)30(32)37-31)21-33-17-19-34(20-18-33)28(23-9-5-3-6-10-23)24-11-7-4-8-12-24/h3-12,22,25-28,30H,13-21H2,1-2H3/t22-,25?,26+,27+,30-,31-,32-/m1/s1. The third-order valence-electron chi connectivity index (χ3n) is 10.5. The molecule has 2 saturated carbocycles. The molecule has 196 valence electrons. The predicted molar refractivity (Wildman–Crippen MR) is 143 cm³/mol. The van der Waals surface area contributed by atoms with Gasteiger partial charge in [-0.15, -0.1) is 0 Å². The van der Waals surface area contributed by atoms with E-state index in [0.29, 0.717) is 17.8 Å². The largest absolute Gasteiger partial charge is 0.455 e. The lowest BCUT2D eigenvalue weighted by Gasteiger charge is -2.50. The molecular formula is C32H40N2O3. The summed E-state index contributed by atoms with van der Waals surface area (Å²) < 4.78 is 12.8. The molecule has 7 atom stereocenters. The SMILES string of the molecule is C[C@@H]1CC[C@H]2C(CN3CCN(C(c4ccccc4)c4ccccc4)CC3)C(=O)O[C@]23[C@H]1CC[C@@]1(C)O[C@@H]31. The van der Waals surface area contributed by atoms with E-state index < -0.39 is 0 Å². The number of carbonyl (C=O) groups excluding carboxylic acids is 1. The average molecular weight is 501 g/mol. The van der Waals surface area contributed by atoms with Gasteiger partial charge in [0, 0.05) is 44.6 Å². The van der Waals surface area contributed by atoms with Crippen LogP contribution >= 0.6 is 0 Å². The first-order chi connectivity index (χ1) is 18.0. The minimum absolute atomic E-state index is 0.0212. The average Bonchev–Trinajstić information content (AvgIpc) is 3.55. The molecule has 0 N–H and O–H groups in total. The highest BCUT2D eigenvalue weighted by molar-refractivity contribution is 5.77. The van der Waals surface area contributed by atoms with Gasteiger partial charge in [-0.25, -0.2) is 0 Å². The summed E-state index contributed by atoms with van der Waals surface area (Å²) in [4.78, 5) is 18.6. The van der Waals surface area contributed by atoms with Gasteiger partial charge in [0.05, 0.1) is 17.6 Å². The first kappa shape index (κ1) is 23.9. The van der Waals surface area contributed by atoms with Crippen LogP contribution in [0.25, 0.3) is 0 Å². The fourth-order valence-electron chi connectivity index (χ4n) is 8.63. The summed E-state index contributed by atoms with van der Waals surface area (Å²) in [5.74, 6) is 1.38. The van der Waals surface area contributed by atoms with Crippen LogP contribution in [0.2, 0.25) is 0 Å². The molecule has 37 heavy (non-hydrogen) atoms. The van der Waals surface area contributed by atoms with Gasteiger partial charge in [-0.3, -0.25) is 14.6 Å². The zero-order chi connectivity index (χ0) is 25.2. The van der Waals surface area contributed by atoms with Gasteiger partial charge in [-0.05, 0) is 49.7 Å². The molecule has 3 saturated heterocycles. The molecule has 5 fully saturated rings. The van der Waals surface area contributed by atoms with Crippen molar-refractivity contribution in [2.24, 2.45) is 23.7 Å². The van der Waals surface area contributed by atoms with Gasteiger partial charge in [0.15, 0.2) is 0 Å². The molecule has 2 aromatic carbocycles. The molecule has 0 bridgehead atoms. The summed E-state index contributed by atoms with van der Waals surface area (Å²) in [6, 6.07) is 22.0. The Hall–Kier alpha value is -2.21. The van der Waals surface area contributed by atoms with E-state index in [4.69, 9.17) is 9.47 Å². The maximum Gasteiger partial charge on any atom is 0.311 e. The fraction of sp³-hybridized carbons (Fsp3) is 0.594. The lowest BCUT2D eigenvalue weighted by Crippen LogP contribution is -2.58. The molecular weight excluding hydrogens is 460 g/mol. The Balaban J connectivity index is 1.07. The molecule has 5 nitrogen and oxygen atoms in total. The maximum atomic E-state index is 13.5. The van der Waals surface area contributed by atoms with Gasteiger partial charge in [0.1, 0.15) is 11.7 Å². The van der Waals surface area contributed by atoms with Crippen molar-refractivity contribution in [2.75, 3.05) is 32.7 Å². The second kappa shape index (κ2) is 8.93. The van der Waals surface area contributed by atoms with E-state index in [2.05, 4.69) is 84.3 Å². The number of benzene rings is 2. The Kier molecular flexibility index (Phi) is 5.76. The van der Waals surface area contributed by atoms with Crippen LogP contribution in [0.5, 0.6) is 0 Å². The van der Waals surface area contributed by atoms with Gasteiger partial charge in [-0.1, -0.05) is 67.6 Å². The Labute approximate surface area is 221 Å². The van der Waals surface area contributed by atoms with E-state index in [1.807, 2.05) is 0 Å².